The second-order valence-corrected chi connectivity index (χ2v) is 3.32. The quantitative estimate of drug-likeness (QED) is 0.422. The van der Waals surface area contributed by atoms with Crippen molar-refractivity contribution in [2.24, 2.45) is 0 Å². The van der Waals surface area contributed by atoms with Gasteiger partial charge in [-0.1, -0.05) is 0 Å². The zero-order valence-corrected chi connectivity index (χ0v) is 7.31. The molecular formula is C6H16ClNO. The van der Waals surface area contributed by atoms with Gasteiger partial charge in [-0.2, -0.15) is 0 Å². The second kappa shape index (κ2) is 4.09. The summed E-state index contributed by atoms with van der Waals surface area (Å²) in [4.78, 5) is 0. The SMILES string of the molecule is C[C@H](O)C[N+](C)(C)C.[Cl-]. The van der Waals surface area contributed by atoms with Crippen LogP contribution in [0.5, 0.6) is 0 Å². The third-order valence-corrected chi connectivity index (χ3v) is 0.812. The van der Waals surface area contributed by atoms with E-state index in [-0.39, 0.29) is 18.5 Å². The first-order chi connectivity index (χ1) is 3.42. The fourth-order valence-electron chi connectivity index (χ4n) is 0.793. The summed E-state index contributed by atoms with van der Waals surface area (Å²) in [5, 5.41) is 8.87. The van der Waals surface area contributed by atoms with E-state index >= 15 is 0 Å². The molecule has 0 spiro atoms. The van der Waals surface area contributed by atoms with Crippen molar-refractivity contribution in [2.75, 3.05) is 27.7 Å². The first-order valence-corrected chi connectivity index (χ1v) is 2.90. The van der Waals surface area contributed by atoms with Crippen LogP contribution in [0.25, 0.3) is 0 Å². The minimum atomic E-state index is -0.185. The van der Waals surface area contributed by atoms with Crippen molar-refractivity contribution in [3.8, 4) is 0 Å². The Kier molecular flexibility index (Phi) is 5.43. The highest BCUT2D eigenvalue weighted by Crippen LogP contribution is 1.92. The molecule has 0 unspecified atom stereocenters. The van der Waals surface area contributed by atoms with Crippen LogP contribution in [0.3, 0.4) is 0 Å². The minimum absolute atomic E-state index is 0. The second-order valence-electron chi connectivity index (χ2n) is 3.32. The fourth-order valence-corrected chi connectivity index (χ4v) is 0.793. The molecular weight excluding hydrogens is 138 g/mol. The summed E-state index contributed by atoms with van der Waals surface area (Å²) >= 11 is 0. The van der Waals surface area contributed by atoms with E-state index in [1.165, 1.54) is 0 Å². The van der Waals surface area contributed by atoms with Crippen LogP contribution in [0.2, 0.25) is 0 Å². The van der Waals surface area contributed by atoms with Crippen molar-refractivity contribution in [2.45, 2.75) is 13.0 Å². The lowest BCUT2D eigenvalue weighted by Gasteiger charge is -2.24. The average molecular weight is 154 g/mol. The van der Waals surface area contributed by atoms with Crippen molar-refractivity contribution in [1.82, 2.24) is 0 Å². The monoisotopic (exact) mass is 153 g/mol. The first kappa shape index (κ1) is 11.9. The van der Waals surface area contributed by atoms with Gasteiger partial charge in [0.15, 0.2) is 0 Å². The molecule has 0 amide bonds. The molecule has 58 valence electrons. The smallest absolute Gasteiger partial charge is 0.104 e. The lowest BCUT2D eigenvalue weighted by atomic mass is 10.3. The van der Waals surface area contributed by atoms with E-state index in [1.807, 2.05) is 6.92 Å². The summed E-state index contributed by atoms with van der Waals surface area (Å²) in [7, 11) is 6.19. The van der Waals surface area contributed by atoms with Gasteiger partial charge in [0, 0.05) is 0 Å². The van der Waals surface area contributed by atoms with Gasteiger partial charge in [0.25, 0.3) is 0 Å². The Morgan fingerprint density at radius 2 is 1.67 bits per heavy atom. The molecule has 0 heterocycles. The van der Waals surface area contributed by atoms with Crippen LogP contribution >= 0.6 is 0 Å². The number of nitrogens with zero attached hydrogens (tertiary/aromatic N) is 1. The summed E-state index contributed by atoms with van der Waals surface area (Å²) in [5.41, 5.74) is 0. The summed E-state index contributed by atoms with van der Waals surface area (Å²) < 4.78 is 0.831. The Balaban J connectivity index is 0. The molecule has 0 radical (unpaired) electrons. The first-order valence-electron chi connectivity index (χ1n) is 2.90. The van der Waals surface area contributed by atoms with E-state index in [4.69, 9.17) is 5.11 Å². The van der Waals surface area contributed by atoms with Crippen molar-refractivity contribution in [3.63, 3.8) is 0 Å². The molecule has 0 aromatic heterocycles. The third kappa shape index (κ3) is 11.7. The highest BCUT2D eigenvalue weighted by Gasteiger charge is 2.09. The largest absolute Gasteiger partial charge is 1.00 e. The number of hydrogen-bond donors (Lipinski definition) is 1. The number of aliphatic hydroxyl groups excluding tert-OH is 1. The molecule has 1 atom stereocenters. The van der Waals surface area contributed by atoms with Crippen LogP contribution in [0.15, 0.2) is 0 Å². The number of rotatable bonds is 2. The summed E-state index contributed by atoms with van der Waals surface area (Å²) in [6.07, 6.45) is -0.185. The molecule has 1 N–H and O–H groups in total. The average Bonchev–Trinajstić information content (AvgIpc) is 1.21. The number of hydrogen-bond acceptors (Lipinski definition) is 1. The molecule has 2 nitrogen and oxygen atoms in total. The van der Waals surface area contributed by atoms with Crippen molar-refractivity contribution in [3.05, 3.63) is 0 Å². The normalized spacial score (nSPS) is 14.3. The molecule has 9 heavy (non-hydrogen) atoms. The molecule has 0 aromatic carbocycles. The van der Waals surface area contributed by atoms with E-state index in [0.717, 1.165) is 11.0 Å². The fraction of sp³-hybridized carbons (Fsp3) is 1.00. The molecule has 3 heteroatoms. The van der Waals surface area contributed by atoms with Crippen LogP contribution in [-0.4, -0.2) is 43.4 Å². The lowest BCUT2D eigenvalue weighted by molar-refractivity contribution is -0.873. The van der Waals surface area contributed by atoms with Gasteiger partial charge >= 0.3 is 0 Å². The van der Waals surface area contributed by atoms with Gasteiger partial charge in [0.2, 0.25) is 0 Å². The maximum Gasteiger partial charge on any atom is 0.104 e. The van der Waals surface area contributed by atoms with Gasteiger partial charge in [-0.05, 0) is 6.92 Å². The summed E-state index contributed by atoms with van der Waals surface area (Å²) in [6, 6.07) is 0. The van der Waals surface area contributed by atoms with E-state index in [1.54, 1.807) is 0 Å². The number of quaternary nitrogens is 1. The molecule has 0 bridgehead atoms. The molecule has 0 saturated carbocycles. The van der Waals surface area contributed by atoms with E-state index in [0.29, 0.717) is 0 Å². The zero-order chi connectivity index (χ0) is 6.78. The van der Waals surface area contributed by atoms with Crippen molar-refractivity contribution >= 4 is 0 Å². The molecule has 0 aromatic rings. The molecule has 0 aliphatic heterocycles. The molecule has 0 aliphatic rings. The Hall–Kier alpha value is 0.210. The van der Waals surface area contributed by atoms with Crippen LogP contribution in [-0.2, 0) is 0 Å². The highest BCUT2D eigenvalue weighted by molar-refractivity contribution is 4.39. The van der Waals surface area contributed by atoms with E-state index < -0.39 is 0 Å². The Labute approximate surface area is 63.5 Å². The predicted octanol–water partition coefficient (Wildman–Crippen LogP) is -2.92. The summed E-state index contributed by atoms with van der Waals surface area (Å²) in [6.45, 7) is 2.63. The highest BCUT2D eigenvalue weighted by atomic mass is 35.5. The standard InChI is InChI=1S/C6H16NO.ClH/c1-6(8)5-7(2,3)4;/h6,8H,5H2,1-4H3;1H/q+1;/p-1/t6-;/m0./s1. The Morgan fingerprint density at radius 1 is 1.33 bits per heavy atom. The van der Waals surface area contributed by atoms with Gasteiger partial charge < -0.3 is 22.0 Å². The maximum atomic E-state index is 8.87. The van der Waals surface area contributed by atoms with Gasteiger partial charge in [-0.3, -0.25) is 0 Å². The van der Waals surface area contributed by atoms with Crippen molar-refractivity contribution in [1.29, 1.82) is 0 Å². The minimum Gasteiger partial charge on any atom is -1.00 e. The lowest BCUT2D eigenvalue weighted by Crippen LogP contribution is -3.00. The predicted molar refractivity (Wildman–Crippen MR) is 34.6 cm³/mol. The number of aliphatic hydroxyl groups is 1. The van der Waals surface area contributed by atoms with Gasteiger partial charge in [-0.15, -0.1) is 0 Å². The molecule has 0 rings (SSSR count). The van der Waals surface area contributed by atoms with Crippen LogP contribution in [0.1, 0.15) is 6.92 Å². The van der Waals surface area contributed by atoms with Crippen LogP contribution < -0.4 is 12.4 Å². The molecule has 0 saturated heterocycles. The van der Waals surface area contributed by atoms with E-state index in [9.17, 15) is 0 Å². The van der Waals surface area contributed by atoms with Gasteiger partial charge in [0.1, 0.15) is 12.6 Å². The summed E-state index contributed by atoms with van der Waals surface area (Å²) in [5.74, 6) is 0. The van der Waals surface area contributed by atoms with Crippen LogP contribution in [0, 0.1) is 0 Å². The Morgan fingerprint density at radius 3 is 1.67 bits per heavy atom. The molecule has 0 fully saturated rings. The number of likely N-dealkylation sites (N-methyl/N-ethyl adjacent to an activating group) is 1. The zero-order valence-electron chi connectivity index (χ0n) is 6.56. The maximum absolute atomic E-state index is 8.87. The third-order valence-electron chi connectivity index (χ3n) is 0.812. The van der Waals surface area contributed by atoms with Crippen LogP contribution in [0.4, 0.5) is 0 Å². The number of halogens is 1. The van der Waals surface area contributed by atoms with Gasteiger partial charge in [-0.25, -0.2) is 0 Å². The van der Waals surface area contributed by atoms with Gasteiger partial charge in [0.05, 0.1) is 21.1 Å². The Bertz CT molecular complexity index is 67.9. The molecule has 0 aliphatic carbocycles. The van der Waals surface area contributed by atoms with E-state index in [2.05, 4.69) is 21.1 Å². The topological polar surface area (TPSA) is 20.2 Å². The van der Waals surface area contributed by atoms with Crippen molar-refractivity contribution < 1.29 is 22.0 Å².